The van der Waals surface area contributed by atoms with E-state index in [4.69, 9.17) is 11.6 Å². The second-order valence-corrected chi connectivity index (χ2v) is 6.35. The Hall–Kier alpha value is -1.26. The summed E-state index contributed by atoms with van der Waals surface area (Å²) in [6.45, 7) is 0. The molecule has 0 amide bonds. The average molecular weight is 306 g/mol. The molecular weight excluding hydrogens is 290 g/mol. The Morgan fingerprint density at radius 1 is 1.25 bits per heavy atom. The summed E-state index contributed by atoms with van der Waals surface area (Å²) in [7, 11) is 1.90. The highest BCUT2D eigenvalue weighted by Crippen LogP contribution is 2.39. The largest absolute Gasteiger partial charge is 0.373 e. The van der Waals surface area contributed by atoms with Crippen LogP contribution in [0.4, 0.5) is 5.82 Å². The lowest BCUT2D eigenvalue weighted by Crippen LogP contribution is -2.02. The molecule has 0 unspecified atom stereocenters. The Morgan fingerprint density at radius 2 is 2.00 bits per heavy atom. The van der Waals surface area contributed by atoms with Crippen LogP contribution in [0, 0.1) is 0 Å². The van der Waals surface area contributed by atoms with Crippen molar-refractivity contribution in [2.45, 2.75) is 29.4 Å². The Kier molecular flexibility index (Phi) is 4.13. The predicted octanol–water partition coefficient (Wildman–Crippen LogP) is 4.34. The average Bonchev–Trinajstić information content (AvgIpc) is 3.31. The molecule has 20 heavy (non-hydrogen) atoms. The minimum atomic E-state index is 0.643. The summed E-state index contributed by atoms with van der Waals surface area (Å²) in [6, 6.07) is 9.93. The van der Waals surface area contributed by atoms with Crippen LogP contribution in [-0.2, 0) is 5.75 Å². The topological polar surface area (TPSA) is 37.8 Å². The second-order valence-electron chi connectivity index (χ2n) is 4.86. The number of rotatable bonds is 5. The van der Waals surface area contributed by atoms with Gasteiger partial charge >= 0.3 is 0 Å². The van der Waals surface area contributed by atoms with Crippen LogP contribution < -0.4 is 5.32 Å². The lowest BCUT2D eigenvalue weighted by Gasteiger charge is -2.07. The molecule has 2 aromatic rings. The summed E-state index contributed by atoms with van der Waals surface area (Å²) in [6.07, 6.45) is 2.51. The number of hydrogen-bond donors (Lipinski definition) is 1. The summed E-state index contributed by atoms with van der Waals surface area (Å²) in [4.78, 5) is 10.4. The van der Waals surface area contributed by atoms with E-state index < -0.39 is 0 Å². The fraction of sp³-hybridized carbons (Fsp3) is 0.333. The van der Waals surface area contributed by atoms with Crippen LogP contribution in [0.15, 0.2) is 35.2 Å². The molecule has 0 saturated heterocycles. The van der Waals surface area contributed by atoms with Gasteiger partial charge in [0, 0.05) is 34.6 Å². The van der Waals surface area contributed by atoms with E-state index in [0.717, 1.165) is 22.4 Å². The van der Waals surface area contributed by atoms with E-state index in [1.807, 2.05) is 31.3 Å². The molecule has 0 atom stereocenters. The van der Waals surface area contributed by atoms with Crippen LogP contribution in [0.25, 0.3) is 0 Å². The summed E-state index contributed by atoms with van der Waals surface area (Å²) in [5.41, 5.74) is 1.18. The number of aromatic nitrogens is 2. The Morgan fingerprint density at radius 3 is 2.65 bits per heavy atom. The van der Waals surface area contributed by atoms with Gasteiger partial charge in [-0.05, 0) is 37.1 Å². The highest BCUT2D eigenvalue weighted by Gasteiger charge is 2.26. The number of nitrogens with one attached hydrogen (secondary N) is 1. The van der Waals surface area contributed by atoms with Crippen LogP contribution in [-0.4, -0.2) is 17.0 Å². The maximum atomic E-state index is 5.89. The molecule has 0 spiro atoms. The van der Waals surface area contributed by atoms with Crippen LogP contribution in [0.1, 0.15) is 30.3 Å². The minimum absolute atomic E-state index is 0.643. The zero-order chi connectivity index (χ0) is 13.9. The highest BCUT2D eigenvalue weighted by molar-refractivity contribution is 7.98. The van der Waals surface area contributed by atoms with Gasteiger partial charge in [0.05, 0.1) is 5.75 Å². The molecule has 104 valence electrons. The van der Waals surface area contributed by atoms with E-state index in [9.17, 15) is 0 Å². The number of anilines is 1. The molecule has 1 aromatic carbocycles. The lowest BCUT2D eigenvalue weighted by molar-refractivity contribution is 0.933. The molecule has 1 heterocycles. The number of benzene rings is 1. The maximum Gasteiger partial charge on any atom is 0.141 e. The number of halogens is 1. The summed E-state index contributed by atoms with van der Waals surface area (Å²) in [5.74, 6) is 3.22. The zero-order valence-electron chi connectivity index (χ0n) is 11.3. The van der Waals surface area contributed by atoms with Crippen molar-refractivity contribution in [1.29, 1.82) is 0 Å². The third-order valence-corrected chi connectivity index (χ3v) is 4.49. The number of hydrogen-bond acceptors (Lipinski definition) is 4. The molecule has 3 nitrogen and oxygen atoms in total. The zero-order valence-corrected chi connectivity index (χ0v) is 12.8. The van der Waals surface area contributed by atoms with Crippen molar-refractivity contribution in [3.63, 3.8) is 0 Å². The van der Waals surface area contributed by atoms with Gasteiger partial charge in [0.1, 0.15) is 11.6 Å². The third-order valence-electron chi connectivity index (χ3n) is 3.23. The lowest BCUT2D eigenvalue weighted by atomic mass is 10.3. The monoisotopic (exact) mass is 305 g/mol. The maximum absolute atomic E-state index is 5.89. The molecule has 1 N–H and O–H groups in total. The fourth-order valence-electron chi connectivity index (χ4n) is 1.98. The molecule has 3 rings (SSSR count). The van der Waals surface area contributed by atoms with Gasteiger partial charge in [-0.25, -0.2) is 9.97 Å². The van der Waals surface area contributed by atoms with Gasteiger partial charge in [-0.3, -0.25) is 0 Å². The van der Waals surface area contributed by atoms with E-state index in [0.29, 0.717) is 5.92 Å². The van der Waals surface area contributed by atoms with Crippen molar-refractivity contribution < 1.29 is 0 Å². The van der Waals surface area contributed by atoms with E-state index in [-0.39, 0.29) is 0 Å². The van der Waals surface area contributed by atoms with Gasteiger partial charge in [-0.15, -0.1) is 11.8 Å². The van der Waals surface area contributed by atoms with Gasteiger partial charge < -0.3 is 5.32 Å². The molecular formula is C15H16ClN3S. The second kappa shape index (κ2) is 6.02. The Labute approximate surface area is 128 Å². The van der Waals surface area contributed by atoms with E-state index in [1.165, 1.54) is 23.4 Å². The quantitative estimate of drug-likeness (QED) is 0.834. The Bertz CT molecular complexity index is 597. The molecule has 1 fully saturated rings. The van der Waals surface area contributed by atoms with Gasteiger partial charge in [0.15, 0.2) is 0 Å². The summed E-state index contributed by atoms with van der Waals surface area (Å²) < 4.78 is 0. The first-order valence-electron chi connectivity index (χ1n) is 6.68. The van der Waals surface area contributed by atoms with Crippen LogP contribution in [0.5, 0.6) is 0 Å². The number of thioether (sulfide) groups is 1. The van der Waals surface area contributed by atoms with Crippen molar-refractivity contribution in [3.05, 3.63) is 46.9 Å². The number of nitrogens with zero attached hydrogens (tertiary/aromatic N) is 2. The molecule has 0 bridgehead atoms. The van der Waals surface area contributed by atoms with Gasteiger partial charge in [-0.1, -0.05) is 11.6 Å². The molecule has 1 aromatic heterocycles. The first-order chi connectivity index (χ1) is 9.74. The van der Waals surface area contributed by atoms with Crippen LogP contribution in [0.2, 0.25) is 5.02 Å². The van der Waals surface area contributed by atoms with Crippen molar-refractivity contribution in [2.75, 3.05) is 12.4 Å². The van der Waals surface area contributed by atoms with Gasteiger partial charge in [0.25, 0.3) is 0 Å². The highest BCUT2D eigenvalue weighted by atomic mass is 35.5. The summed E-state index contributed by atoms with van der Waals surface area (Å²) in [5, 5.41) is 3.88. The van der Waals surface area contributed by atoms with E-state index in [1.54, 1.807) is 11.8 Å². The summed E-state index contributed by atoms with van der Waals surface area (Å²) >= 11 is 7.62. The first kappa shape index (κ1) is 13.7. The molecule has 0 radical (unpaired) electrons. The molecule has 5 heteroatoms. The van der Waals surface area contributed by atoms with E-state index >= 15 is 0 Å². The van der Waals surface area contributed by atoms with Gasteiger partial charge in [-0.2, -0.15) is 0 Å². The van der Waals surface area contributed by atoms with Crippen molar-refractivity contribution >= 4 is 29.2 Å². The van der Waals surface area contributed by atoms with Crippen molar-refractivity contribution in [3.8, 4) is 0 Å². The Balaban J connectivity index is 1.72. The molecule has 1 saturated carbocycles. The van der Waals surface area contributed by atoms with Crippen molar-refractivity contribution in [1.82, 2.24) is 9.97 Å². The molecule has 1 aliphatic rings. The van der Waals surface area contributed by atoms with E-state index in [2.05, 4.69) is 21.4 Å². The smallest absolute Gasteiger partial charge is 0.141 e. The first-order valence-corrected chi connectivity index (χ1v) is 8.05. The molecule has 0 aliphatic heterocycles. The normalized spacial score (nSPS) is 14.3. The van der Waals surface area contributed by atoms with Crippen LogP contribution >= 0.6 is 23.4 Å². The SMILES string of the molecule is CNc1cc(C2CC2)nc(CSc2ccc(Cl)cc2)n1. The van der Waals surface area contributed by atoms with Crippen molar-refractivity contribution in [2.24, 2.45) is 0 Å². The standard InChI is InChI=1S/C15H16ClN3S/c1-17-14-8-13(10-2-3-10)18-15(19-14)9-20-12-6-4-11(16)5-7-12/h4-8,10H,2-3,9H2,1H3,(H,17,18,19). The minimum Gasteiger partial charge on any atom is -0.373 e. The van der Waals surface area contributed by atoms with Crippen LogP contribution in [0.3, 0.4) is 0 Å². The predicted molar refractivity (Wildman–Crippen MR) is 84.6 cm³/mol. The van der Waals surface area contributed by atoms with Gasteiger partial charge in [0.2, 0.25) is 0 Å². The molecule has 1 aliphatic carbocycles. The fourth-order valence-corrected chi connectivity index (χ4v) is 2.86. The third kappa shape index (κ3) is 3.44.